The minimum Gasteiger partial charge on any atom is -0.493 e. The molecule has 1 N–H and O–H groups in total. The molecule has 2 aromatic rings. The second-order valence-corrected chi connectivity index (χ2v) is 5.67. The van der Waals surface area contributed by atoms with E-state index in [-0.39, 0.29) is 23.4 Å². The third-order valence-corrected chi connectivity index (χ3v) is 4.02. The lowest BCUT2D eigenvalue weighted by Gasteiger charge is -2.13. The molecule has 0 fully saturated rings. The lowest BCUT2D eigenvalue weighted by Crippen LogP contribution is -2.16. The number of halogens is 3. The minimum absolute atomic E-state index is 0.147. The van der Waals surface area contributed by atoms with E-state index in [1.807, 2.05) is 0 Å². The average molecular weight is 381 g/mol. The molecule has 0 spiro atoms. The predicted octanol–water partition coefficient (Wildman–Crippen LogP) is 3.36. The van der Waals surface area contributed by atoms with Crippen LogP contribution >= 0.6 is 0 Å². The molecule has 1 amide bonds. The standard InChI is InChI=1S/C18H14F3NO5/c1-25-12-4-3-9-13(27-18(24)15(9)17(12)26-2)7-14(23)22-8-5-10(19)16(21)11(20)6-8/h3-6,13H,7H2,1-2H3,(H,22,23)/t13-/m0/s1. The van der Waals surface area contributed by atoms with Gasteiger partial charge in [0, 0.05) is 23.4 Å². The molecule has 0 aromatic heterocycles. The fourth-order valence-electron chi connectivity index (χ4n) is 2.83. The maximum atomic E-state index is 13.2. The summed E-state index contributed by atoms with van der Waals surface area (Å²) in [6, 6.07) is 4.43. The Kier molecular flexibility index (Phi) is 4.93. The van der Waals surface area contributed by atoms with Gasteiger partial charge in [-0.2, -0.15) is 0 Å². The zero-order chi connectivity index (χ0) is 19.7. The number of amides is 1. The minimum atomic E-state index is -1.63. The molecule has 0 bridgehead atoms. The third-order valence-electron chi connectivity index (χ3n) is 4.02. The molecule has 27 heavy (non-hydrogen) atoms. The van der Waals surface area contributed by atoms with Crippen molar-refractivity contribution >= 4 is 17.6 Å². The number of anilines is 1. The van der Waals surface area contributed by atoms with Crippen LogP contribution in [0.4, 0.5) is 18.9 Å². The van der Waals surface area contributed by atoms with Gasteiger partial charge in [-0.15, -0.1) is 0 Å². The van der Waals surface area contributed by atoms with Crippen LogP contribution in [0.2, 0.25) is 0 Å². The summed E-state index contributed by atoms with van der Waals surface area (Å²) in [5.74, 6) is -5.34. The molecule has 0 radical (unpaired) electrons. The molecule has 1 aliphatic heterocycles. The van der Waals surface area contributed by atoms with E-state index in [9.17, 15) is 22.8 Å². The van der Waals surface area contributed by atoms with Crippen molar-refractivity contribution in [3.63, 3.8) is 0 Å². The number of ether oxygens (including phenoxy) is 3. The van der Waals surface area contributed by atoms with E-state index in [2.05, 4.69) is 5.32 Å². The molecule has 1 atom stereocenters. The molecule has 1 aliphatic rings. The van der Waals surface area contributed by atoms with Crippen molar-refractivity contribution in [1.29, 1.82) is 0 Å². The van der Waals surface area contributed by atoms with Crippen molar-refractivity contribution in [2.24, 2.45) is 0 Å². The van der Waals surface area contributed by atoms with E-state index in [0.29, 0.717) is 23.4 Å². The van der Waals surface area contributed by atoms with E-state index in [0.717, 1.165) is 0 Å². The molecule has 3 rings (SSSR count). The van der Waals surface area contributed by atoms with Gasteiger partial charge >= 0.3 is 5.97 Å². The number of hydrogen-bond acceptors (Lipinski definition) is 5. The number of esters is 1. The number of carbonyl (C=O) groups excluding carboxylic acids is 2. The molecule has 0 unspecified atom stereocenters. The first-order valence-corrected chi connectivity index (χ1v) is 7.76. The van der Waals surface area contributed by atoms with Crippen LogP contribution in [-0.4, -0.2) is 26.1 Å². The Morgan fingerprint density at radius 3 is 2.41 bits per heavy atom. The highest BCUT2D eigenvalue weighted by Crippen LogP contribution is 2.43. The van der Waals surface area contributed by atoms with Gasteiger partial charge in [-0.1, -0.05) is 6.07 Å². The van der Waals surface area contributed by atoms with Crippen molar-refractivity contribution in [3.8, 4) is 11.5 Å². The van der Waals surface area contributed by atoms with Gasteiger partial charge in [0.25, 0.3) is 0 Å². The Labute approximate surface area is 151 Å². The molecule has 0 aliphatic carbocycles. The highest BCUT2D eigenvalue weighted by molar-refractivity contribution is 5.99. The first kappa shape index (κ1) is 18.6. The first-order valence-electron chi connectivity index (χ1n) is 7.76. The number of methoxy groups -OCH3 is 2. The molecule has 142 valence electrons. The van der Waals surface area contributed by atoms with Crippen molar-refractivity contribution in [1.82, 2.24) is 0 Å². The van der Waals surface area contributed by atoms with E-state index in [1.165, 1.54) is 14.2 Å². The Bertz CT molecular complexity index is 908. The predicted molar refractivity (Wildman–Crippen MR) is 87.3 cm³/mol. The van der Waals surface area contributed by atoms with Gasteiger partial charge in [0.15, 0.2) is 29.0 Å². The fraction of sp³-hybridized carbons (Fsp3) is 0.222. The molecular formula is C18H14F3NO5. The largest absolute Gasteiger partial charge is 0.493 e. The zero-order valence-electron chi connectivity index (χ0n) is 14.3. The SMILES string of the molecule is COc1ccc2c(c1OC)C(=O)O[C@H]2CC(=O)Nc1cc(F)c(F)c(F)c1. The van der Waals surface area contributed by atoms with Gasteiger partial charge in [-0.05, 0) is 6.07 Å². The van der Waals surface area contributed by atoms with Crippen LogP contribution in [0, 0.1) is 17.5 Å². The highest BCUT2D eigenvalue weighted by Gasteiger charge is 2.36. The Hall–Kier alpha value is -3.23. The molecule has 0 saturated carbocycles. The van der Waals surface area contributed by atoms with Gasteiger partial charge in [-0.3, -0.25) is 4.79 Å². The van der Waals surface area contributed by atoms with E-state index in [4.69, 9.17) is 14.2 Å². The molecule has 0 saturated heterocycles. The molecule has 2 aromatic carbocycles. The van der Waals surface area contributed by atoms with Crippen LogP contribution in [-0.2, 0) is 9.53 Å². The summed E-state index contributed by atoms with van der Waals surface area (Å²) in [6.45, 7) is 0. The highest BCUT2D eigenvalue weighted by atomic mass is 19.2. The third kappa shape index (κ3) is 3.40. The number of cyclic esters (lactones) is 1. The van der Waals surface area contributed by atoms with Crippen LogP contribution in [0.25, 0.3) is 0 Å². The normalized spacial score (nSPS) is 15.1. The van der Waals surface area contributed by atoms with Crippen LogP contribution in [0.1, 0.15) is 28.4 Å². The lowest BCUT2D eigenvalue weighted by molar-refractivity contribution is -0.118. The van der Waals surface area contributed by atoms with Gasteiger partial charge < -0.3 is 19.5 Å². The number of fused-ring (bicyclic) bond motifs is 1. The van der Waals surface area contributed by atoms with Crippen LogP contribution in [0.3, 0.4) is 0 Å². The maximum Gasteiger partial charge on any atom is 0.343 e. The monoisotopic (exact) mass is 381 g/mol. The average Bonchev–Trinajstić information content (AvgIpc) is 2.94. The summed E-state index contributed by atoms with van der Waals surface area (Å²) in [6.07, 6.45) is -1.23. The van der Waals surface area contributed by atoms with Gasteiger partial charge in [0.1, 0.15) is 11.7 Å². The summed E-state index contributed by atoms with van der Waals surface area (Å²) >= 11 is 0. The Morgan fingerprint density at radius 2 is 1.81 bits per heavy atom. The summed E-state index contributed by atoms with van der Waals surface area (Å²) < 4.78 is 55.0. The molecule has 6 nitrogen and oxygen atoms in total. The Balaban J connectivity index is 1.80. The van der Waals surface area contributed by atoms with Gasteiger partial charge in [-0.25, -0.2) is 18.0 Å². The topological polar surface area (TPSA) is 73.9 Å². The molecular weight excluding hydrogens is 367 g/mol. The van der Waals surface area contributed by atoms with Crippen LogP contribution in [0.5, 0.6) is 11.5 Å². The smallest absolute Gasteiger partial charge is 0.343 e. The van der Waals surface area contributed by atoms with E-state index in [1.54, 1.807) is 12.1 Å². The number of nitrogens with one attached hydrogen (secondary N) is 1. The summed E-state index contributed by atoms with van der Waals surface area (Å²) in [5, 5.41) is 2.24. The molecule has 9 heteroatoms. The Morgan fingerprint density at radius 1 is 1.15 bits per heavy atom. The second kappa shape index (κ2) is 7.18. The number of carbonyl (C=O) groups is 2. The number of rotatable bonds is 5. The van der Waals surface area contributed by atoms with Crippen molar-refractivity contribution < 1.29 is 37.0 Å². The molecule has 1 heterocycles. The summed E-state index contributed by atoms with van der Waals surface area (Å²) in [5.41, 5.74) is 0.311. The maximum absolute atomic E-state index is 13.2. The van der Waals surface area contributed by atoms with Crippen molar-refractivity contribution in [3.05, 3.63) is 52.8 Å². The summed E-state index contributed by atoms with van der Waals surface area (Å²) in [7, 11) is 2.78. The van der Waals surface area contributed by atoms with Crippen molar-refractivity contribution in [2.75, 3.05) is 19.5 Å². The lowest BCUT2D eigenvalue weighted by atomic mass is 10.0. The first-order chi connectivity index (χ1) is 12.8. The number of hydrogen-bond donors (Lipinski definition) is 1. The van der Waals surface area contributed by atoms with Gasteiger partial charge in [0.05, 0.1) is 20.6 Å². The van der Waals surface area contributed by atoms with E-state index >= 15 is 0 Å². The van der Waals surface area contributed by atoms with Crippen LogP contribution in [0.15, 0.2) is 24.3 Å². The fourth-order valence-corrected chi connectivity index (χ4v) is 2.83. The second-order valence-electron chi connectivity index (χ2n) is 5.67. The zero-order valence-corrected chi connectivity index (χ0v) is 14.3. The van der Waals surface area contributed by atoms with E-state index < -0.39 is 35.4 Å². The van der Waals surface area contributed by atoms with Gasteiger partial charge in [0.2, 0.25) is 5.91 Å². The van der Waals surface area contributed by atoms with Crippen LogP contribution < -0.4 is 14.8 Å². The quantitative estimate of drug-likeness (QED) is 0.635. The number of benzene rings is 2. The van der Waals surface area contributed by atoms with Crippen molar-refractivity contribution in [2.45, 2.75) is 12.5 Å². The summed E-state index contributed by atoms with van der Waals surface area (Å²) in [4.78, 5) is 24.3.